The van der Waals surface area contributed by atoms with E-state index in [0.717, 1.165) is 29.6 Å². The Balaban J connectivity index is 1.78. The highest BCUT2D eigenvalue weighted by Gasteiger charge is 2.30. The highest BCUT2D eigenvalue weighted by Crippen LogP contribution is 2.38. The summed E-state index contributed by atoms with van der Waals surface area (Å²) in [6, 6.07) is 10.9. The Labute approximate surface area is 252 Å². The molecule has 42 heavy (non-hydrogen) atoms. The van der Waals surface area contributed by atoms with Crippen LogP contribution in [0.5, 0.6) is 0 Å². The maximum absolute atomic E-state index is 13.8. The molecule has 0 saturated carbocycles. The number of primary amides is 1. The van der Waals surface area contributed by atoms with Crippen molar-refractivity contribution in [1.29, 1.82) is 0 Å². The molecule has 226 valence electrons. The number of hydrogen-bond acceptors (Lipinski definition) is 7. The van der Waals surface area contributed by atoms with E-state index in [0.29, 0.717) is 39.7 Å². The van der Waals surface area contributed by atoms with E-state index in [1.807, 2.05) is 24.3 Å². The summed E-state index contributed by atoms with van der Waals surface area (Å²) in [4.78, 5) is 45.8. The quantitative estimate of drug-likeness (QED) is 0.274. The van der Waals surface area contributed by atoms with Gasteiger partial charge in [0, 0.05) is 37.2 Å². The van der Waals surface area contributed by atoms with E-state index in [9.17, 15) is 23.7 Å². The first-order valence-electron chi connectivity index (χ1n) is 14.0. The molecular formula is C30H39N5O5S2. The molecule has 3 amide bonds. The zero-order chi connectivity index (χ0) is 30.8. The van der Waals surface area contributed by atoms with Crippen LogP contribution in [0.3, 0.4) is 0 Å². The van der Waals surface area contributed by atoms with Crippen molar-refractivity contribution in [3.63, 3.8) is 0 Å². The third-order valence-corrected chi connectivity index (χ3v) is 9.67. The van der Waals surface area contributed by atoms with Gasteiger partial charge in [-0.3, -0.25) is 14.4 Å². The largest absolute Gasteiger partial charge is 0.389 e. The fourth-order valence-electron chi connectivity index (χ4n) is 4.89. The van der Waals surface area contributed by atoms with Gasteiger partial charge in [-0.05, 0) is 63.3 Å². The third-order valence-electron chi connectivity index (χ3n) is 7.09. The number of aromatic nitrogens is 1. The smallest absolute Gasteiger partial charge is 0.280 e. The van der Waals surface area contributed by atoms with Crippen LogP contribution >= 0.6 is 11.3 Å². The van der Waals surface area contributed by atoms with Crippen LogP contribution in [0.4, 0.5) is 0 Å². The summed E-state index contributed by atoms with van der Waals surface area (Å²) < 4.78 is 16.5. The van der Waals surface area contributed by atoms with E-state index < -0.39 is 33.9 Å². The molecule has 1 aliphatic heterocycles. The van der Waals surface area contributed by atoms with E-state index in [1.54, 1.807) is 44.7 Å². The van der Waals surface area contributed by atoms with Crippen molar-refractivity contribution in [2.75, 3.05) is 19.6 Å². The second-order valence-corrected chi connectivity index (χ2v) is 14.4. The van der Waals surface area contributed by atoms with Gasteiger partial charge in [0.1, 0.15) is 16.7 Å². The number of benzene rings is 2. The molecule has 1 aromatic heterocycles. The molecule has 0 radical (unpaired) electrons. The Morgan fingerprint density at radius 3 is 2.36 bits per heavy atom. The molecule has 0 bridgehead atoms. The van der Waals surface area contributed by atoms with Gasteiger partial charge in [-0.15, -0.1) is 11.3 Å². The molecule has 4 rings (SSSR count). The molecule has 10 nitrogen and oxygen atoms in total. The fraction of sp³-hybridized carbons (Fsp3) is 0.467. The molecule has 0 spiro atoms. The lowest BCUT2D eigenvalue weighted by atomic mass is 9.98. The SMILES string of the molecule is CC1CCN(C(=O)c2nc(C(=O)NCC(C)(C)O)sc2-c2ccc(S(=O)NC(C)(C)CC(N)=O)c3ccccc23)CC1. The highest BCUT2D eigenvalue weighted by molar-refractivity contribution is 7.83. The molecule has 1 atom stereocenters. The lowest BCUT2D eigenvalue weighted by Gasteiger charge is -2.30. The van der Waals surface area contributed by atoms with Crippen molar-refractivity contribution in [1.82, 2.24) is 19.9 Å². The van der Waals surface area contributed by atoms with Gasteiger partial charge in [0.05, 0.1) is 15.4 Å². The zero-order valence-electron chi connectivity index (χ0n) is 24.7. The molecule has 1 fully saturated rings. The van der Waals surface area contributed by atoms with Crippen molar-refractivity contribution >= 4 is 50.8 Å². The minimum Gasteiger partial charge on any atom is -0.389 e. The number of fused-ring (bicyclic) bond motifs is 1. The number of aliphatic hydroxyl groups is 1. The first-order valence-corrected chi connectivity index (χ1v) is 15.9. The number of carbonyl (C=O) groups is 3. The predicted molar refractivity (Wildman–Crippen MR) is 165 cm³/mol. The number of thiazole rings is 1. The van der Waals surface area contributed by atoms with Gasteiger partial charge in [-0.2, -0.15) is 0 Å². The van der Waals surface area contributed by atoms with Crippen LogP contribution in [0.15, 0.2) is 41.3 Å². The fourth-order valence-corrected chi connectivity index (χ4v) is 7.15. The number of hydrogen-bond donors (Lipinski definition) is 4. The summed E-state index contributed by atoms with van der Waals surface area (Å²) in [5, 5.41) is 14.4. The zero-order valence-corrected chi connectivity index (χ0v) is 26.3. The Hall–Kier alpha value is -3.19. The van der Waals surface area contributed by atoms with Gasteiger partial charge in [0.25, 0.3) is 11.8 Å². The van der Waals surface area contributed by atoms with Gasteiger partial charge < -0.3 is 21.1 Å². The Morgan fingerprint density at radius 2 is 1.74 bits per heavy atom. The Morgan fingerprint density at radius 1 is 1.10 bits per heavy atom. The summed E-state index contributed by atoms with van der Waals surface area (Å²) in [6.45, 7) is 10.1. The van der Waals surface area contributed by atoms with Gasteiger partial charge in [-0.1, -0.05) is 37.3 Å². The van der Waals surface area contributed by atoms with E-state index in [4.69, 9.17) is 5.73 Å². The lowest BCUT2D eigenvalue weighted by Crippen LogP contribution is -2.43. The standard InChI is InChI=1S/C30H39N5O5S2/c1-18-12-14-35(15-13-18)28(38)24-25(41-27(33-24)26(37)32-17-30(4,5)39)21-10-11-22(20-9-7-6-8-19(20)21)42(40)34-29(2,3)16-23(31)36/h6-11,18,34,39H,12-17H2,1-5H3,(H2,31,36)(H,32,37). The van der Waals surface area contributed by atoms with Gasteiger partial charge in [0.2, 0.25) is 5.91 Å². The highest BCUT2D eigenvalue weighted by atomic mass is 32.2. The summed E-state index contributed by atoms with van der Waals surface area (Å²) >= 11 is 1.11. The topological polar surface area (TPSA) is 155 Å². The molecule has 1 saturated heterocycles. The number of amides is 3. The molecule has 5 N–H and O–H groups in total. The van der Waals surface area contributed by atoms with Gasteiger partial charge >= 0.3 is 0 Å². The Bertz CT molecular complexity index is 1520. The molecular weight excluding hydrogens is 574 g/mol. The maximum Gasteiger partial charge on any atom is 0.280 e. The molecule has 12 heteroatoms. The van der Waals surface area contributed by atoms with Crippen molar-refractivity contribution < 1.29 is 23.7 Å². The second kappa shape index (κ2) is 12.6. The van der Waals surface area contributed by atoms with Crippen LogP contribution in [0.1, 0.15) is 74.2 Å². The minimum atomic E-state index is -1.68. The molecule has 2 heterocycles. The first kappa shape index (κ1) is 31.7. The van der Waals surface area contributed by atoms with Crippen LogP contribution in [-0.2, 0) is 15.8 Å². The minimum absolute atomic E-state index is 0.00861. The predicted octanol–water partition coefficient (Wildman–Crippen LogP) is 3.60. The van der Waals surface area contributed by atoms with Crippen molar-refractivity contribution in [3.05, 3.63) is 47.1 Å². The molecule has 0 aliphatic carbocycles. The van der Waals surface area contributed by atoms with E-state index in [-0.39, 0.29) is 29.6 Å². The average Bonchev–Trinajstić information content (AvgIpc) is 3.35. The second-order valence-electron chi connectivity index (χ2n) is 12.2. The maximum atomic E-state index is 13.8. The van der Waals surface area contributed by atoms with Crippen LogP contribution in [0.25, 0.3) is 21.2 Å². The summed E-state index contributed by atoms with van der Waals surface area (Å²) in [6.07, 6.45) is 1.80. The van der Waals surface area contributed by atoms with Gasteiger partial charge in [-0.25, -0.2) is 13.9 Å². The normalized spacial score (nSPS) is 15.5. The van der Waals surface area contributed by atoms with Gasteiger partial charge in [0.15, 0.2) is 5.01 Å². The number of likely N-dealkylation sites (tertiary alicyclic amines) is 1. The molecule has 3 aromatic rings. The monoisotopic (exact) mass is 613 g/mol. The number of rotatable bonds is 10. The Kier molecular flexibility index (Phi) is 9.51. The third kappa shape index (κ3) is 7.60. The number of nitrogens with zero attached hydrogens (tertiary/aromatic N) is 2. The molecule has 1 aliphatic rings. The molecule has 1 unspecified atom stereocenters. The van der Waals surface area contributed by atoms with E-state index in [2.05, 4.69) is 21.9 Å². The number of piperidine rings is 1. The lowest BCUT2D eigenvalue weighted by molar-refractivity contribution is -0.119. The van der Waals surface area contributed by atoms with Crippen molar-refractivity contribution in [2.24, 2.45) is 11.7 Å². The van der Waals surface area contributed by atoms with Crippen molar-refractivity contribution in [2.45, 2.75) is 69.9 Å². The van der Waals surface area contributed by atoms with Crippen LogP contribution in [0.2, 0.25) is 0 Å². The van der Waals surface area contributed by atoms with Crippen LogP contribution in [-0.4, -0.2) is 67.7 Å². The number of nitrogens with one attached hydrogen (secondary N) is 2. The molecule has 2 aromatic carbocycles. The van der Waals surface area contributed by atoms with E-state index >= 15 is 0 Å². The number of carbonyl (C=O) groups excluding carboxylic acids is 3. The van der Waals surface area contributed by atoms with Crippen molar-refractivity contribution in [3.8, 4) is 10.4 Å². The van der Waals surface area contributed by atoms with Crippen LogP contribution in [0, 0.1) is 5.92 Å². The first-order chi connectivity index (χ1) is 19.6. The van der Waals surface area contributed by atoms with Crippen LogP contribution < -0.4 is 15.8 Å². The number of nitrogens with two attached hydrogens (primary N) is 1. The summed E-state index contributed by atoms with van der Waals surface area (Å²) in [5.74, 6) is -0.678. The van der Waals surface area contributed by atoms with E-state index in [1.165, 1.54) is 0 Å². The average molecular weight is 614 g/mol. The summed E-state index contributed by atoms with van der Waals surface area (Å²) in [7, 11) is -1.68. The summed E-state index contributed by atoms with van der Waals surface area (Å²) in [5.41, 5.74) is 4.35.